The highest BCUT2D eigenvalue weighted by molar-refractivity contribution is 6.01. The average molecular weight is 406 g/mol. The number of ether oxygens (including phenoxy) is 1. The van der Waals surface area contributed by atoms with Gasteiger partial charge in [-0.05, 0) is 51.1 Å². The maximum atomic E-state index is 12.4. The van der Waals surface area contributed by atoms with Crippen molar-refractivity contribution in [1.29, 1.82) is 0 Å². The quantitative estimate of drug-likeness (QED) is 0.583. The van der Waals surface area contributed by atoms with Gasteiger partial charge in [-0.25, -0.2) is 4.79 Å². The molecule has 0 aliphatic rings. The summed E-state index contributed by atoms with van der Waals surface area (Å²) in [7, 11) is 0. The predicted octanol–water partition coefficient (Wildman–Crippen LogP) is 5.26. The minimum atomic E-state index is -0.451. The van der Waals surface area contributed by atoms with Crippen LogP contribution in [0, 0.1) is 20.8 Å². The molecule has 158 valence electrons. The second-order valence-electron chi connectivity index (χ2n) is 7.63. The maximum Gasteiger partial charge on any atom is 0.412 e. The lowest BCUT2D eigenvalue weighted by Crippen LogP contribution is -2.36. The number of carbonyl (C=O) groups is 1. The number of amides is 1. The molecule has 0 atom stereocenters. The highest BCUT2D eigenvalue weighted by Gasteiger charge is 2.16. The molecular formula is C25H31N3O2. The standard InChI is InChI=1S/C25H31N3O2/c1-6-28(7-2)13-12-26-25(29)30-22-16-27-24(20-11-9-8-10-18(20)4)23-19(5)14-17(3)15-21(22)23/h8-11,14-16H,6-7,12-13H2,1-5H3,(H,26,29). The Balaban J connectivity index is 1.93. The second-order valence-corrected chi connectivity index (χ2v) is 7.63. The van der Waals surface area contributed by atoms with Crippen LogP contribution in [0.3, 0.4) is 0 Å². The Morgan fingerprint density at radius 2 is 1.80 bits per heavy atom. The molecule has 0 fully saturated rings. The van der Waals surface area contributed by atoms with Crippen molar-refractivity contribution >= 4 is 16.9 Å². The van der Waals surface area contributed by atoms with Gasteiger partial charge >= 0.3 is 6.09 Å². The molecule has 0 saturated heterocycles. The van der Waals surface area contributed by atoms with Gasteiger partial charge in [-0.15, -0.1) is 0 Å². The van der Waals surface area contributed by atoms with E-state index in [0.29, 0.717) is 12.3 Å². The molecule has 0 radical (unpaired) electrons. The van der Waals surface area contributed by atoms with Crippen molar-refractivity contribution in [2.45, 2.75) is 34.6 Å². The molecule has 0 unspecified atom stereocenters. The first kappa shape index (κ1) is 21.8. The summed E-state index contributed by atoms with van der Waals surface area (Å²) in [4.78, 5) is 19.4. The Labute approximate surface area is 179 Å². The number of rotatable bonds is 7. The average Bonchev–Trinajstić information content (AvgIpc) is 2.72. The summed E-state index contributed by atoms with van der Waals surface area (Å²) in [6, 6.07) is 12.4. The third kappa shape index (κ3) is 4.79. The molecule has 1 aromatic heterocycles. The number of aromatic nitrogens is 1. The van der Waals surface area contributed by atoms with E-state index in [0.717, 1.165) is 58.4 Å². The summed E-state index contributed by atoms with van der Waals surface area (Å²) < 4.78 is 5.68. The normalized spacial score (nSPS) is 11.1. The zero-order valence-electron chi connectivity index (χ0n) is 18.6. The predicted molar refractivity (Wildman–Crippen MR) is 123 cm³/mol. The number of nitrogens with zero attached hydrogens (tertiary/aromatic N) is 2. The molecule has 1 N–H and O–H groups in total. The first-order chi connectivity index (χ1) is 14.4. The van der Waals surface area contributed by atoms with Gasteiger partial charge in [-0.2, -0.15) is 0 Å². The Bertz CT molecular complexity index is 1040. The van der Waals surface area contributed by atoms with Crippen LogP contribution in [-0.4, -0.2) is 42.2 Å². The van der Waals surface area contributed by atoms with Gasteiger partial charge in [0.05, 0.1) is 11.9 Å². The lowest BCUT2D eigenvalue weighted by molar-refractivity contribution is 0.198. The van der Waals surface area contributed by atoms with E-state index in [4.69, 9.17) is 9.72 Å². The van der Waals surface area contributed by atoms with Crippen LogP contribution in [0.1, 0.15) is 30.5 Å². The number of benzene rings is 2. The fourth-order valence-electron chi connectivity index (χ4n) is 3.85. The molecule has 5 nitrogen and oxygen atoms in total. The Hall–Kier alpha value is -2.92. The van der Waals surface area contributed by atoms with Gasteiger partial charge in [0.1, 0.15) is 0 Å². The van der Waals surface area contributed by atoms with E-state index in [1.807, 2.05) is 19.1 Å². The molecule has 5 heteroatoms. The lowest BCUT2D eigenvalue weighted by atomic mass is 9.95. The topological polar surface area (TPSA) is 54.5 Å². The molecular weight excluding hydrogens is 374 g/mol. The summed E-state index contributed by atoms with van der Waals surface area (Å²) in [5, 5.41) is 4.77. The number of carbonyl (C=O) groups excluding carboxylic acids is 1. The first-order valence-corrected chi connectivity index (χ1v) is 10.6. The van der Waals surface area contributed by atoms with Crippen LogP contribution in [0.2, 0.25) is 0 Å². The molecule has 3 rings (SSSR count). The van der Waals surface area contributed by atoms with Crippen LogP contribution in [0.5, 0.6) is 5.75 Å². The van der Waals surface area contributed by atoms with Crippen LogP contribution < -0.4 is 10.1 Å². The van der Waals surface area contributed by atoms with E-state index in [1.165, 1.54) is 0 Å². The maximum absolute atomic E-state index is 12.4. The fourth-order valence-corrected chi connectivity index (χ4v) is 3.85. The molecule has 0 saturated carbocycles. The van der Waals surface area contributed by atoms with Crippen LogP contribution >= 0.6 is 0 Å². The lowest BCUT2D eigenvalue weighted by Gasteiger charge is -2.18. The van der Waals surface area contributed by atoms with Crippen LogP contribution in [0.25, 0.3) is 22.0 Å². The van der Waals surface area contributed by atoms with Crippen molar-refractivity contribution in [3.8, 4) is 17.0 Å². The summed E-state index contributed by atoms with van der Waals surface area (Å²) in [5.41, 5.74) is 5.39. The van der Waals surface area contributed by atoms with Crippen molar-refractivity contribution < 1.29 is 9.53 Å². The van der Waals surface area contributed by atoms with E-state index >= 15 is 0 Å². The van der Waals surface area contributed by atoms with Gasteiger partial charge in [-0.3, -0.25) is 4.98 Å². The molecule has 2 aromatic carbocycles. The number of likely N-dealkylation sites (N-methyl/N-ethyl adjacent to an activating group) is 1. The Morgan fingerprint density at radius 1 is 1.07 bits per heavy atom. The number of hydrogen-bond donors (Lipinski definition) is 1. The monoisotopic (exact) mass is 405 g/mol. The fraction of sp³-hybridized carbons (Fsp3) is 0.360. The van der Waals surface area contributed by atoms with Crippen molar-refractivity contribution in [3.05, 3.63) is 59.3 Å². The summed E-state index contributed by atoms with van der Waals surface area (Å²) >= 11 is 0. The SMILES string of the molecule is CCN(CC)CCNC(=O)Oc1cnc(-c2ccccc2C)c2c(C)cc(C)cc12. The van der Waals surface area contributed by atoms with Crippen molar-refractivity contribution in [2.75, 3.05) is 26.2 Å². The molecule has 0 aliphatic heterocycles. The third-order valence-corrected chi connectivity index (χ3v) is 5.49. The van der Waals surface area contributed by atoms with E-state index in [-0.39, 0.29) is 0 Å². The number of aryl methyl sites for hydroxylation is 3. The zero-order valence-corrected chi connectivity index (χ0v) is 18.6. The molecule has 1 amide bonds. The molecule has 0 bridgehead atoms. The van der Waals surface area contributed by atoms with E-state index in [1.54, 1.807) is 6.20 Å². The first-order valence-electron chi connectivity index (χ1n) is 10.6. The third-order valence-electron chi connectivity index (χ3n) is 5.49. The summed E-state index contributed by atoms with van der Waals surface area (Å²) in [6.07, 6.45) is 1.21. The van der Waals surface area contributed by atoms with Gasteiger partial charge in [-0.1, -0.05) is 49.7 Å². The van der Waals surface area contributed by atoms with E-state index < -0.39 is 6.09 Å². The highest BCUT2D eigenvalue weighted by atomic mass is 16.6. The number of nitrogens with one attached hydrogen (secondary N) is 1. The number of fused-ring (bicyclic) bond motifs is 1. The van der Waals surface area contributed by atoms with Crippen molar-refractivity contribution in [1.82, 2.24) is 15.2 Å². The Morgan fingerprint density at radius 3 is 2.50 bits per heavy atom. The molecule has 0 aliphatic carbocycles. The van der Waals surface area contributed by atoms with Crippen molar-refractivity contribution in [3.63, 3.8) is 0 Å². The largest absolute Gasteiger partial charge is 0.412 e. The van der Waals surface area contributed by atoms with Crippen LogP contribution in [0.15, 0.2) is 42.6 Å². The number of hydrogen-bond acceptors (Lipinski definition) is 4. The van der Waals surface area contributed by atoms with E-state index in [2.05, 4.69) is 62.2 Å². The molecule has 1 heterocycles. The van der Waals surface area contributed by atoms with Gasteiger partial charge in [0.25, 0.3) is 0 Å². The van der Waals surface area contributed by atoms with Gasteiger partial charge in [0.15, 0.2) is 5.75 Å². The summed E-state index contributed by atoms with van der Waals surface area (Å²) in [6.45, 7) is 13.7. The van der Waals surface area contributed by atoms with Gasteiger partial charge < -0.3 is 15.0 Å². The Kier molecular flexibility index (Phi) is 7.06. The van der Waals surface area contributed by atoms with Crippen LogP contribution in [0.4, 0.5) is 4.79 Å². The number of pyridine rings is 1. The van der Waals surface area contributed by atoms with Crippen molar-refractivity contribution in [2.24, 2.45) is 0 Å². The second kappa shape index (κ2) is 9.72. The minimum Gasteiger partial charge on any atom is -0.408 e. The highest BCUT2D eigenvalue weighted by Crippen LogP contribution is 2.36. The summed E-state index contributed by atoms with van der Waals surface area (Å²) in [5.74, 6) is 0.481. The molecule has 0 spiro atoms. The van der Waals surface area contributed by atoms with Gasteiger partial charge in [0.2, 0.25) is 0 Å². The van der Waals surface area contributed by atoms with E-state index in [9.17, 15) is 4.79 Å². The zero-order chi connectivity index (χ0) is 21.7. The van der Waals surface area contributed by atoms with Gasteiger partial charge in [0, 0.05) is 29.4 Å². The molecule has 3 aromatic rings. The smallest absolute Gasteiger partial charge is 0.408 e. The molecule has 30 heavy (non-hydrogen) atoms. The minimum absolute atomic E-state index is 0.451. The van der Waals surface area contributed by atoms with Crippen LogP contribution in [-0.2, 0) is 0 Å².